The minimum Gasteiger partial charge on any atom is -0.420 e. The van der Waals surface area contributed by atoms with Gasteiger partial charge in [-0.05, 0) is 34.9 Å². The highest BCUT2D eigenvalue weighted by molar-refractivity contribution is 7.98. The van der Waals surface area contributed by atoms with E-state index in [1.165, 1.54) is 40.8 Å². The lowest BCUT2D eigenvalue weighted by molar-refractivity contribution is -0.132. The van der Waals surface area contributed by atoms with Gasteiger partial charge in [0.2, 0.25) is 11.2 Å². The number of ether oxygens (including phenoxy) is 1. The smallest absolute Gasteiger partial charge is 0.308 e. The quantitative estimate of drug-likeness (QED) is 0.559. The Morgan fingerprint density at radius 2 is 2.03 bits per heavy atom. The molecule has 0 saturated heterocycles. The number of esters is 1. The Morgan fingerprint density at radius 1 is 1.21 bits per heavy atom. The number of hydrogen-bond donors (Lipinski definition) is 1. The molecule has 0 spiro atoms. The molecule has 10 heteroatoms. The number of amides is 1. The number of pyridine rings is 1. The molecule has 0 saturated carbocycles. The van der Waals surface area contributed by atoms with Gasteiger partial charge < -0.3 is 10.1 Å². The number of aromatic nitrogens is 1. The van der Waals surface area contributed by atoms with Gasteiger partial charge >= 0.3 is 5.97 Å². The third-order valence-electron chi connectivity index (χ3n) is 5.54. The Morgan fingerprint density at radius 3 is 2.82 bits per heavy atom. The molecule has 1 aromatic heterocycles. The average Bonchev–Trinajstić information content (AvgIpc) is 2.93. The highest BCUT2D eigenvalue weighted by Gasteiger charge is 2.36. The SMILES string of the molecule is CC(=O)Oc1c2n(ccc1=O)N(C1c3ccc(F)cc3CSc3c(Cl)cccc31)CNC2=O. The average molecular weight is 486 g/mol. The van der Waals surface area contributed by atoms with E-state index in [1.54, 1.807) is 12.1 Å². The molecule has 7 nitrogen and oxygen atoms in total. The van der Waals surface area contributed by atoms with Crippen LogP contribution in [0.25, 0.3) is 0 Å². The Bertz CT molecular complexity index is 1380. The van der Waals surface area contributed by atoms with Crippen molar-refractivity contribution in [2.24, 2.45) is 0 Å². The fourth-order valence-electron chi connectivity index (χ4n) is 4.20. The molecule has 0 fully saturated rings. The van der Waals surface area contributed by atoms with E-state index in [1.807, 2.05) is 17.1 Å². The molecule has 5 rings (SSSR count). The van der Waals surface area contributed by atoms with Gasteiger partial charge in [0.05, 0.1) is 11.1 Å². The summed E-state index contributed by atoms with van der Waals surface area (Å²) in [6.45, 7) is 1.25. The van der Waals surface area contributed by atoms with Crippen LogP contribution in [-0.2, 0) is 10.5 Å². The van der Waals surface area contributed by atoms with Gasteiger partial charge in [0.1, 0.15) is 12.5 Å². The number of benzene rings is 2. The molecule has 2 aliphatic heterocycles. The molecule has 1 amide bonds. The highest BCUT2D eigenvalue weighted by atomic mass is 35.5. The largest absolute Gasteiger partial charge is 0.420 e. The number of carbonyl (C=O) groups excluding carboxylic acids is 2. The van der Waals surface area contributed by atoms with E-state index >= 15 is 0 Å². The summed E-state index contributed by atoms with van der Waals surface area (Å²) in [5.41, 5.74) is 1.81. The van der Waals surface area contributed by atoms with Crippen molar-refractivity contribution in [3.8, 4) is 5.75 Å². The minimum atomic E-state index is -0.713. The number of hydrogen-bond acceptors (Lipinski definition) is 6. The van der Waals surface area contributed by atoms with Crippen LogP contribution in [-0.4, -0.2) is 23.2 Å². The number of nitrogens with zero attached hydrogens (tertiary/aromatic N) is 2. The van der Waals surface area contributed by atoms with E-state index in [4.69, 9.17) is 16.3 Å². The molecule has 168 valence electrons. The van der Waals surface area contributed by atoms with Gasteiger partial charge in [-0.2, -0.15) is 0 Å². The number of nitrogens with one attached hydrogen (secondary N) is 1. The van der Waals surface area contributed by atoms with Gasteiger partial charge in [-0.25, -0.2) is 4.39 Å². The van der Waals surface area contributed by atoms with Crippen LogP contribution in [0.15, 0.2) is 58.4 Å². The summed E-state index contributed by atoms with van der Waals surface area (Å²) in [6, 6.07) is 10.9. The summed E-state index contributed by atoms with van der Waals surface area (Å²) in [6.07, 6.45) is 1.47. The van der Waals surface area contributed by atoms with Gasteiger partial charge in [0, 0.05) is 29.8 Å². The van der Waals surface area contributed by atoms with Gasteiger partial charge in [-0.3, -0.25) is 24.1 Å². The number of carbonyl (C=O) groups is 2. The van der Waals surface area contributed by atoms with Gasteiger partial charge in [-0.15, -0.1) is 11.8 Å². The van der Waals surface area contributed by atoms with Crippen molar-refractivity contribution in [1.29, 1.82) is 0 Å². The van der Waals surface area contributed by atoms with Crippen molar-refractivity contribution >= 4 is 35.2 Å². The second-order valence-electron chi connectivity index (χ2n) is 7.59. The molecule has 33 heavy (non-hydrogen) atoms. The first-order valence-corrected chi connectivity index (χ1v) is 11.4. The number of halogens is 2. The van der Waals surface area contributed by atoms with Crippen molar-refractivity contribution in [1.82, 2.24) is 9.99 Å². The Hall–Kier alpha value is -3.30. The maximum Gasteiger partial charge on any atom is 0.308 e. The topological polar surface area (TPSA) is 80.6 Å². The Labute approximate surface area is 197 Å². The molecule has 2 aromatic carbocycles. The van der Waals surface area contributed by atoms with Gasteiger partial charge in [-0.1, -0.05) is 29.8 Å². The lowest BCUT2D eigenvalue weighted by Crippen LogP contribution is -2.54. The summed E-state index contributed by atoms with van der Waals surface area (Å²) in [5, 5.41) is 5.14. The van der Waals surface area contributed by atoms with Gasteiger partial charge in [0.15, 0.2) is 5.69 Å². The zero-order valence-electron chi connectivity index (χ0n) is 17.3. The predicted octanol–water partition coefficient (Wildman–Crippen LogP) is 3.60. The second kappa shape index (κ2) is 8.24. The third kappa shape index (κ3) is 3.67. The van der Waals surface area contributed by atoms with Crippen molar-refractivity contribution < 1.29 is 18.7 Å². The molecule has 0 aliphatic carbocycles. The van der Waals surface area contributed by atoms with Crippen LogP contribution in [0.1, 0.15) is 40.1 Å². The van der Waals surface area contributed by atoms with Crippen molar-refractivity contribution in [2.75, 3.05) is 11.7 Å². The van der Waals surface area contributed by atoms with Crippen molar-refractivity contribution in [3.63, 3.8) is 0 Å². The van der Waals surface area contributed by atoms with Gasteiger partial charge in [0.25, 0.3) is 5.91 Å². The van der Waals surface area contributed by atoms with Crippen LogP contribution in [0.5, 0.6) is 5.75 Å². The zero-order chi connectivity index (χ0) is 23.3. The summed E-state index contributed by atoms with van der Waals surface area (Å²) >= 11 is 8.04. The summed E-state index contributed by atoms with van der Waals surface area (Å²) in [4.78, 5) is 37.7. The zero-order valence-corrected chi connectivity index (χ0v) is 18.9. The maximum absolute atomic E-state index is 14.1. The van der Waals surface area contributed by atoms with Crippen molar-refractivity contribution in [2.45, 2.75) is 23.6 Å². The number of rotatable bonds is 2. The molecule has 0 radical (unpaired) electrons. The summed E-state index contributed by atoms with van der Waals surface area (Å²) in [5.74, 6) is -1.45. The highest BCUT2D eigenvalue weighted by Crippen LogP contribution is 2.45. The van der Waals surface area contributed by atoms with Crippen LogP contribution in [0.3, 0.4) is 0 Å². The fourth-order valence-corrected chi connectivity index (χ4v) is 5.65. The van der Waals surface area contributed by atoms with E-state index in [-0.39, 0.29) is 23.9 Å². The van der Waals surface area contributed by atoms with Crippen LogP contribution in [0, 0.1) is 5.82 Å². The van der Waals surface area contributed by atoms with Crippen molar-refractivity contribution in [3.05, 3.63) is 92.1 Å². The van der Waals surface area contributed by atoms with E-state index < -0.39 is 23.3 Å². The van der Waals surface area contributed by atoms with Crippen LogP contribution in [0.4, 0.5) is 4.39 Å². The molecule has 2 aliphatic rings. The standard InChI is InChI=1S/C23H17ClFN3O4S/c1-12(29)32-21-18(30)7-8-27-20(21)23(31)26-11-28(27)19-15-6-5-14(25)9-13(15)10-33-22-16(19)3-2-4-17(22)24/h2-9,19H,10-11H2,1H3,(H,26,31). The third-order valence-corrected chi connectivity index (χ3v) is 7.16. The first-order chi connectivity index (χ1) is 15.8. The molecule has 1 unspecified atom stereocenters. The second-order valence-corrected chi connectivity index (χ2v) is 8.98. The maximum atomic E-state index is 14.1. The summed E-state index contributed by atoms with van der Waals surface area (Å²) in [7, 11) is 0. The Balaban J connectivity index is 1.77. The molecule has 3 heterocycles. The normalized spacial score (nSPS) is 16.8. The molecular weight excluding hydrogens is 469 g/mol. The summed E-state index contributed by atoms with van der Waals surface area (Å²) < 4.78 is 20.7. The molecule has 1 N–H and O–H groups in total. The predicted molar refractivity (Wildman–Crippen MR) is 122 cm³/mol. The van der Waals surface area contributed by atoms with E-state index in [2.05, 4.69) is 5.32 Å². The van der Waals surface area contributed by atoms with Crippen LogP contribution in [0.2, 0.25) is 5.02 Å². The van der Waals surface area contributed by atoms with E-state index in [0.717, 1.165) is 28.5 Å². The number of fused-ring (bicyclic) bond motifs is 3. The van der Waals surface area contributed by atoms with E-state index in [9.17, 15) is 18.8 Å². The fraction of sp³-hybridized carbons (Fsp3) is 0.174. The molecule has 3 aromatic rings. The number of thioether (sulfide) groups is 1. The molecule has 1 atom stereocenters. The lowest BCUT2D eigenvalue weighted by atomic mass is 9.94. The lowest BCUT2D eigenvalue weighted by Gasteiger charge is -2.40. The molecule has 0 bridgehead atoms. The van der Waals surface area contributed by atoms with Crippen LogP contribution >= 0.6 is 23.4 Å². The first-order valence-electron chi connectivity index (χ1n) is 10.0. The Kier molecular flexibility index (Phi) is 5.38. The molecular formula is C23H17ClFN3O4S. The first kappa shape index (κ1) is 21.5. The van der Waals surface area contributed by atoms with E-state index in [0.29, 0.717) is 10.8 Å². The van der Waals surface area contributed by atoms with Crippen LogP contribution < -0.4 is 20.5 Å². The monoisotopic (exact) mass is 485 g/mol. The minimum absolute atomic E-state index is 0.0896.